The Morgan fingerprint density at radius 1 is 1.12 bits per heavy atom. The number of aromatic nitrogens is 2. The van der Waals surface area contributed by atoms with Gasteiger partial charge < -0.3 is 9.84 Å². The number of carbonyl (C=O) groups is 2. The topological polar surface area (TPSA) is 136 Å². The summed E-state index contributed by atoms with van der Waals surface area (Å²) < 4.78 is 6.14. The number of carbonyl (C=O) groups excluding carboxylic acids is 2. The highest BCUT2D eigenvalue weighted by Gasteiger charge is 2.48. The number of hydrogen-bond acceptors (Lipinski definition) is 10. The van der Waals surface area contributed by atoms with E-state index in [-0.39, 0.29) is 27.5 Å². The van der Waals surface area contributed by atoms with Crippen molar-refractivity contribution < 1.29 is 24.4 Å². The molecule has 1 aliphatic rings. The molecule has 1 amide bonds. The van der Waals surface area contributed by atoms with Gasteiger partial charge in [-0.15, -0.1) is 10.2 Å². The van der Waals surface area contributed by atoms with Gasteiger partial charge in [0.15, 0.2) is 4.34 Å². The molecule has 1 fully saturated rings. The number of nitrogens with zero attached hydrogens (tertiary/aromatic N) is 4. The van der Waals surface area contributed by atoms with Crippen molar-refractivity contribution in [3.05, 3.63) is 110 Å². The Balaban J connectivity index is 1.53. The van der Waals surface area contributed by atoms with Gasteiger partial charge in [0.2, 0.25) is 5.13 Å². The third-order valence-corrected chi connectivity index (χ3v) is 8.70. The molecule has 0 radical (unpaired) electrons. The van der Waals surface area contributed by atoms with Gasteiger partial charge in [0.1, 0.15) is 11.5 Å². The zero-order valence-corrected chi connectivity index (χ0v) is 24.5. The number of benzene rings is 3. The molecule has 10 nitrogen and oxygen atoms in total. The first kappa shape index (κ1) is 29.2. The minimum absolute atomic E-state index is 0.120. The van der Waals surface area contributed by atoms with Gasteiger partial charge >= 0.3 is 5.91 Å². The fourth-order valence-corrected chi connectivity index (χ4v) is 6.27. The van der Waals surface area contributed by atoms with Gasteiger partial charge in [-0.05, 0) is 53.9 Å². The van der Waals surface area contributed by atoms with Crippen LogP contribution in [0.4, 0.5) is 10.8 Å². The number of non-ortho nitro benzene ring substituents is 1. The maximum Gasteiger partial charge on any atom is 0.301 e. The van der Waals surface area contributed by atoms with Crippen molar-refractivity contribution in [1.29, 1.82) is 0 Å². The van der Waals surface area contributed by atoms with Gasteiger partial charge in [0.05, 0.1) is 23.1 Å². The van der Waals surface area contributed by atoms with Crippen LogP contribution in [0.2, 0.25) is 5.02 Å². The Hall–Kier alpha value is -4.26. The lowest BCUT2D eigenvalue weighted by Gasteiger charge is -2.22. The smallest absolute Gasteiger partial charge is 0.301 e. The second-order valence-electron chi connectivity index (χ2n) is 9.16. The normalized spacial score (nSPS) is 16.1. The van der Waals surface area contributed by atoms with E-state index in [9.17, 15) is 24.8 Å². The summed E-state index contributed by atoms with van der Waals surface area (Å²) in [5.41, 5.74) is 1.10. The van der Waals surface area contributed by atoms with Crippen LogP contribution in [-0.4, -0.2) is 38.5 Å². The maximum absolute atomic E-state index is 13.4. The summed E-state index contributed by atoms with van der Waals surface area (Å²) in [6.07, 6.45) is 0.821. The molecular weight excluding hydrogens is 600 g/mol. The fraction of sp³-hybridized carbons (Fsp3) is 0.172. The zero-order chi connectivity index (χ0) is 29.8. The lowest BCUT2D eigenvalue weighted by molar-refractivity contribution is -0.384. The monoisotopic (exact) mass is 622 g/mol. The first-order valence-corrected chi connectivity index (χ1v) is 14.9. The van der Waals surface area contributed by atoms with Crippen LogP contribution >= 0.6 is 34.7 Å². The van der Waals surface area contributed by atoms with Crippen molar-refractivity contribution in [3.8, 4) is 5.75 Å². The number of rotatable bonds is 10. The summed E-state index contributed by atoms with van der Waals surface area (Å²) in [4.78, 5) is 39.0. The second kappa shape index (κ2) is 12.7. The van der Waals surface area contributed by atoms with E-state index >= 15 is 0 Å². The Bertz CT molecular complexity index is 1670. The van der Waals surface area contributed by atoms with Crippen LogP contribution in [-0.2, 0) is 15.3 Å². The van der Waals surface area contributed by atoms with Crippen molar-refractivity contribution in [1.82, 2.24) is 10.2 Å². The van der Waals surface area contributed by atoms with Crippen LogP contribution in [0.15, 0.2) is 82.7 Å². The quantitative estimate of drug-likeness (QED) is 0.0385. The molecule has 5 rings (SSSR count). The minimum Gasteiger partial charge on any atom is -0.507 e. The molecule has 1 aromatic heterocycles. The largest absolute Gasteiger partial charge is 0.507 e. The predicted molar refractivity (Wildman–Crippen MR) is 161 cm³/mol. The number of amides is 1. The number of aliphatic hydroxyl groups is 1. The highest BCUT2D eigenvalue weighted by atomic mass is 35.5. The molecule has 0 aliphatic carbocycles. The molecule has 2 heterocycles. The number of halogens is 1. The standard InChI is InChI=1S/C29H23ClN4O6S2/c1-2-14-40-22-12-8-18(9-13-22)25(35)23-24(19-4-3-5-21(15-19)34(38)39)33(27(37)26(23)36)28-31-32-29(42-28)41-16-17-6-10-20(30)11-7-17/h3-13,15,24,35H,2,14,16H2,1H3/b25-23-. The lowest BCUT2D eigenvalue weighted by Crippen LogP contribution is -2.29. The molecule has 3 aromatic carbocycles. The number of ether oxygens (including phenoxy) is 1. The Labute approximate surface area is 253 Å². The van der Waals surface area contributed by atoms with E-state index in [1.807, 2.05) is 19.1 Å². The average molecular weight is 623 g/mol. The highest BCUT2D eigenvalue weighted by molar-refractivity contribution is 8.00. The number of thioether (sulfide) groups is 1. The van der Waals surface area contributed by atoms with E-state index in [0.717, 1.165) is 28.2 Å². The van der Waals surface area contributed by atoms with Crippen molar-refractivity contribution in [2.75, 3.05) is 11.5 Å². The predicted octanol–water partition coefficient (Wildman–Crippen LogP) is 6.81. The van der Waals surface area contributed by atoms with E-state index in [1.165, 1.54) is 30.0 Å². The molecule has 214 valence electrons. The van der Waals surface area contributed by atoms with Gasteiger partial charge in [-0.1, -0.05) is 65.9 Å². The second-order valence-corrected chi connectivity index (χ2v) is 11.8. The van der Waals surface area contributed by atoms with E-state index in [2.05, 4.69) is 10.2 Å². The number of Topliss-reactive ketones (excluding diaryl/α,β-unsaturated/α-hetero) is 1. The molecule has 42 heavy (non-hydrogen) atoms. The molecule has 1 aliphatic heterocycles. The molecular formula is C29H23ClN4O6S2. The first-order chi connectivity index (χ1) is 20.3. The summed E-state index contributed by atoms with van der Waals surface area (Å²) >= 11 is 8.45. The van der Waals surface area contributed by atoms with E-state index < -0.39 is 28.4 Å². The van der Waals surface area contributed by atoms with Gasteiger partial charge in [-0.3, -0.25) is 24.6 Å². The molecule has 13 heteroatoms. The molecule has 4 aromatic rings. The number of nitro groups is 1. The summed E-state index contributed by atoms with van der Waals surface area (Å²) in [5, 5.41) is 32.0. The molecule has 0 saturated carbocycles. The number of ketones is 1. The van der Waals surface area contributed by atoms with Crippen LogP contribution in [0, 0.1) is 10.1 Å². The van der Waals surface area contributed by atoms with Crippen molar-refractivity contribution >= 4 is 63.0 Å². The first-order valence-electron chi connectivity index (χ1n) is 12.8. The molecule has 1 atom stereocenters. The molecule has 1 saturated heterocycles. The molecule has 0 bridgehead atoms. The van der Waals surface area contributed by atoms with Gasteiger partial charge in [0, 0.05) is 28.5 Å². The molecule has 0 spiro atoms. The molecule has 1 N–H and O–H groups in total. The van der Waals surface area contributed by atoms with Crippen molar-refractivity contribution in [2.45, 2.75) is 29.5 Å². The molecule has 1 unspecified atom stereocenters. The summed E-state index contributed by atoms with van der Waals surface area (Å²) in [7, 11) is 0. The van der Waals surface area contributed by atoms with Gasteiger partial charge in [-0.25, -0.2) is 0 Å². The van der Waals surface area contributed by atoms with Crippen LogP contribution < -0.4 is 9.64 Å². The van der Waals surface area contributed by atoms with Gasteiger partial charge in [-0.2, -0.15) is 0 Å². The summed E-state index contributed by atoms with van der Waals surface area (Å²) in [6.45, 7) is 2.50. The Kier molecular flexibility index (Phi) is 8.86. The number of nitro benzene ring substituents is 1. The van der Waals surface area contributed by atoms with Crippen molar-refractivity contribution in [3.63, 3.8) is 0 Å². The SMILES string of the molecule is CCCOc1ccc(/C(O)=C2/C(=O)C(=O)N(c3nnc(SCc4ccc(Cl)cc4)s3)C2c2cccc([N+](=O)[O-])c2)cc1. The van der Waals surface area contributed by atoms with Crippen LogP contribution in [0.1, 0.15) is 36.1 Å². The van der Waals surface area contributed by atoms with Crippen LogP contribution in [0.3, 0.4) is 0 Å². The Morgan fingerprint density at radius 2 is 1.86 bits per heavy atom. The Morgan fingerprint density at radius 3 is 2.55 bits per heavy atom. The van der Waals surface area contributed by atoms with E-state index in [4.69, 9.17) is 16.3 Å². The van der Waals surface area contributed by atoms with E-state index in [1.54, 1.807) is 42.5 Å². The minimum atomic E-state index is -1.18. The summed E-state index contributed by atoms with van der Waals surface area (Å²) in [6, 6.07) is 18.2. The average Bonchev–Trinajstić information content (AvgIpc) is 3.57. The third kappa shape index (κ3) is 6.15. The van der Waals surface area contributed by atoms with Crippen LogP contribution in [0.5, 0.6) is 5.75 Å². The van der Waals surface area contributed by atoms with Crippen LogP contribution in [0.25, 0.3) is 5.76 Å². The fourth-order valence-electron chi connectivity index (χ4n) is 4.32. The number of hydrogen-bond donors (Lipinski definition) is 1. The maximum atomic E-state index is 13.4. The lowest BCUT2D eigenvalue weighted by atomic mass is 9.95. The highest BCUT2D eigenvalue weighted by Crippen LogP contribution is 2.44. The van der Waals surface area contributed by atoms with Crippen molar-refractivity contribution in [2.24, 2.45) is 0 Å². The third-order valence-electron chi connectivity index (χ3n) is 6.32. The zero-order valence-electron chi connectivity index (χ0n) is 22.1. The number of anilines is 1. The number of aliphatic hydroxyl groups excluding tert-OH is 1. The van der Waals surface area contributed by atoms with Gasteiger partial charge in [0.25, 0.3) is 11.5 Å². The summed E-state index contributed by atoms with van der Waals surface area (Å²) in [5.74, 6) is -1.14. The van der Waals surface area contributed by atoms with E-state index in [0.29, 0.717) is 27.5 Å².